The Morgan fingerprint density at radius 1 is 0.889 bits per heavy atom. The van der Waals surface area contributed by atoms with Crippen molar-refractivity contribution in [3.63, 3.8) is 0 Å². The molecule has 8 nitrogen and oxygen atoms in total. The van der Waals surface area contributed by atoms with Gasteiger partial charge in [-0.2, -0.15) is 0 Å². The number of nitrogens with one attached hydrogen (secondary N) is 2. The van der Waals surface area contributed by atoms with Gasteiger partial charge in [0, 0.05) is 34.9 Å². The normalized spacial score (nSPS) is 10.9. The lowest BCUT2D eigenvalue weighted by Crippen LogP contribution is -2.04. The predicted octanol–water partition coefficient (Wildman–Crippen LogP) is 4.85. The Kier molecular flexibility index (Phi) is 8.02. The van der Waals surface area contributed by atoms with Crippen LogP contribution in [0.5, 0.6) is 5.75 Å². The molecule has 0 radical (unpaired) electrons. The number of aliphatic hydroxyl groups is 2. The van der Waals surface area contributed by atoms with Crippen LogP contribution in [0.3, 0.4) is 0 Å². The number of anilines is 4. The highest BCUT2D eigenvalue weighted by Crippen LogP contribution is 2.26. The number of carbonyl (C=O) groups is 1. The summed E-state index contributed by atoms with van der Waals surface area (Å²) in [6.07, 6.45) is 6.44. The lowest BCUT2D eigenvalue weighted by atomic mass is 10.1. The van der Waals surface area contributed by atoms with E-state index in [1.807, 2.05) is 24.3 Å². The minimum Gasteiger partial charge on any atom is -0.496 e. The summed E-state index contributed by atoms with van der Waals surface area (Å²) < 4.78 is 5.26. The van der Waals surface area contributed by atoms with E-state index in [9.17, 15) is 15.0 Å². The standard InChI is InChI=1S/C28H26N4O4/c1-36-26-13-11-23(16-21(26)18-34)32-27-20(4-2-14-29-27)8-12-25(35)24-5-3-15-30-28(24)31-22-9-6-19(17-33)7-10-22/h2-16,33-34H,17-18H2,1H3,(H,29,32)(H,30,31). The third kappa shape index (κ3) is 5.93. The van der Waals surface area contributed by atoms with Crippen molar-refractivity contribution in [3.8, 4) is 5.75 Å². The molecule has 8 heteroatoms. The number of ketones is 1. The maximum absolute atomic E-state index is 13.1. The number of benzene rings is 2. The van der Waals surface area contributed by atoms with E-state index in [-0.39, 0.29) is 19.0 Å². The molecule has 0 aliphatic carbocycles. The van der Waals surface area contributed by atoms with Crippen LogP contribution < -0.4 is 15.4 Å². The Bertz CT molecular complexity index is 1370. The van der Waals surface area contributed by atoms with Crippen LogP contribution in [0.1, 0.15) is 27.0 Å². The van der Waals surface area contributed by atoms with E-state index in [2.05, 4.69) is 20.6 Å². The number of allylic oxidation sites excluding steroid dienone is 1. The first-order valence-electron chi connectivity index (χ1n) is 11.3. The fourth-order valence-electron chi connectivity index (χ4n) is 3.56. The Morgan fingerprint density at radius 3 is 2.31 bits per heavy atom. The summed E-state index contributed by atoms with van der Waals surface area (Å²) in [6.45, 7) is -0.195. The molecule has 182 valence electrons. The quantitative estimate of drug-likeness (QED) is 0.187. The zero-order valence-corrected chi connectivity index (χ0v) is 19.7. The fourth-order valence-corrected chi connectivity index (χ4v) is 3.56. The van der Waals surface area contributed by atoms with Crippen molar-refractivity contribution in [3.05, 3.63) is 107 Å². The Morgan fingerprint density at radius 2 is 1.58 bits per heavy atom. The Labute approximate surface area is 209 Å². The van der Waals surface area contributed by atoms with Gasteiger partial charge in [0.05, 0.1) is 25.9 Å². The van der Waals surface area contributed by atoms with Gasteiger partial charge in [0.2, 0.25) is 0 Å². The molecule has 4 rings (SSSR count). The maximum Gasteiger partial charge on any atom is 0.189 e. The van der Waals surface area contributed by atoms with E-state index >= 15 is 0 Å². The topological polar surface area (TPSA) is 117 Å². The number of pyridine rings is 2. The van der Waals surface area contributed by atoms with Gasteiger partial charge in [-0.15, -0.1) is 0 Å². The molecule has 0 atom stereocenters. The molecule has 2 aromatic heterocycles. The average molecular weight is 483 g/mol. The molecular weight excluding hydrogens is 456 g/mol. The summed E-state index contributed by atoms with van der Waals surface area (Å²) in [6, 6.07) is 19.7. The van der Waals surface area contributed by atoms with Gasteiger partial charge < -0.3 is 25.6 Å². The molecule has 2 aromatic carbocycles. The molecule has 0 saturated heterocycles. The molecule has 0 bridgehead atoms. The zero-order valence-electron chi connectivity index (χ0n) is 19.7. The number of carbonyl (C=O) groups excluding carboxylic acids is 1. The highest BCUT2D eigenvalue weighted by molar-refractivity contribution is 6.10. The van der Waals surface area contributed by atoms with Gasteiger partial charge in [0.1, 0.15) is 17.4 Å². The van der Waals surface area contributed by atoms with E-state index in [0.29, 0.717) is 34.1 Å². The smallest absolute Gasteiger partial charge is 0.189 e. The van der Waals surface area contributed by atoms with Gasteiger partial charge in [-0.25, -0.2) is 9.97 Å². The van der Waals surface area contributed by atoms with Crippen molar-refractivity contribution in [1.29, 1.82) is 0 Å². The van der Waals surface area contributed by atoms with Crippen LogP contribution >= 0.6 is 0 Å². The molecular formula is C28H26N4O4. The van der Waals surface area contributed by atoms with Crippen molar-refractivity contribution in [2.45, 2.75) is 13.2 Å². The second kappa shape index (κ2) is 11.7. The Balaban J connectivity index is 1.53. The predicted molar refractivity (Wildman–Crippen MR) is 140 cm³/mol. The highest BCUT2D eigenvalue weighted by atomic mass is 16.5. The number of rotatable bonds is 10. The van der Waals surface area contributed by atoms with Gasteiger partial charge in [-0.05, 0) is 72.3 Å². The van der Waals surface area contributed by atoms with Crippen LogP contribution in [-0.2, 0) is 13.2 Å². The van der Waals surface area contributed by atoms with E-state index in [1.165, 1.54) is 6.08 Å². The van der Waals surface area contributed by atoms with Gasteiger partial charge >= 0.3 is 0 Å². The molecule has 4 aromatic rings. The van der Waals surface area contributed by atoms with Crippen molar-refractivity contribution in [1.82, 2.24) is 9.97 Å². The number of methoxy groups -OCH3 is 1. The summed E-state index contributed by atoms with van der Waals surface area (Å²) in [5, 5.41) is 25.2. The van der Waals surface area contributed by atoms with Crippen molar-refractivity contribution < 1.29 is 19.7 Å². The molecule has 0 fully saturated rings. The van der Waals surface area contributed by atoms with Gasteiger partial charge in [0.15, 0.2) is 5.78 Å². The summed E-state index contributed by atoms with van der Waals surface area (Å²) in [5.74, 6) is 1.37. The van der Waals surface area contributed by atoms with Gasteiger partial charge in [-0.1, -0.05) is 12.1 Å². The van der Waals surface area contributed by atoms with Crippen LogP contribution in [0.2, 0.25) is 0 Å². The largest absolute Gasteiger partial charge is 0.496 e. The summed E-state index contributed by atoms with van der Waals surface area (Å²) in [5.41, 5.74) is 4.05. The number of nitrogens with zero attached hydrogens (tertiary/aromatic N) is 2. The summed E-state index contributed by atoms with van der Waals surface area (Å²) in [4.78, 5) is 21.8. The second-order valence-electron chi connectivity index (χ2n) is 7.83. The lowest BCUT2D eigenvalue weighted by Gasteiger charge is -2.12. The molecule has 0 spiro atoms. The number of aliphatic hydroxyl groups excluding tert-OH is 2. The van der Waals surface area contributed by atoms with Crippen molar-refractivity contribution in [2.75, 3.05) is 17.7 Å². The van der Waals surface area contributed by atoms with Crippen LogP contribution in [0.4, 0.5) is 23.0 Å². The molecule has 2 heterocycles. The van der Waals surface area contributed by atoms with E-state index in [4.69, 9.17) is 4.74 Å². The third-order valence-corrected chi connectivity index (χ3v) is 5.44. The summed E-state index contributed by atoms with van der Waals surface area (Å²) >= 11 is 0. The average Bonchev–Trinajstić information content (AvgIpc) is 2.93. The number of aromatic nitrogens is 2. The number of hydrogen-bond acceptors (Lipinski definition) is 8. The van der Waals surface area contributed by atoms with E-state index in [1.54, 1.807) is 68.0 Å². The molecule has 4 N–H and O–H groups in total. The van der Waals surface area contributed by atoms with Crippen LogP contribution in [0.15, 0.2) is 85.2 Å². The zero-order chi connectivity index (χ0) is 25.3. The molecule has 36 heavy (non-hydrogen) atoms. The van der Waals surface area contributed by atoms with Crippen LogP contribution in [0.25, 0.3) is 6.08 Å². The first-order chi connectivity index (χ1) is 17.6. The van der Waals surface area contributed by atoms with Crippen LogP contribution in [0, 0.1) is 0 Å². The van der Waals surface area contributed by atoms with Gasteiger partial charge in [0.25, 0.3) is 0 Å². The minimum absolute atomic E-state index is 0.0371. The highest BCUT2D eigenvalue weighted by Gasteiger charge is 2.11. The van der Waals surface area contributed by atoms with Crippen molar-refractivity contribution >= 4 is 34.9 Å². The number of hydrogen-bond donors (Lipinski definition) is 4. The van der Waals surface area contributed by atoms with Gasteiger partial charge in [-0.3, -0.25) is 4.79 Å². The maximum atomic E-state index is 13.1. The monoisotopic (exact) mass is 482 g/mol. The van der Waals surface area contributed by atoms with E-state index < -0.39 is 0 Å². The fraction of sp³-hybridized carbons (Fsp3) is 0.107. The first-order valence-corrected chi connectivity index (χ1v) is 11.3. The second-order valence-corrected chi connectivity index (χ2v) is 7.83. The summed E-state index contributed by atoms with van der Waals surface area (Å²) in [7, 11) is 1.55. The van der Waals surface area contributed by atoms with Crippen molar-refractivity contribution in [2.24, 2.45) is 0 Å². The SMILES string of the molecule is COc1ccc(Nc2ncccc2C=CC(=O)c2cccnc2Nc2ccc(CO)cc2)cc1CO. The Hall–Kier alpha value is -4.53. The minimum atomic E-state index is -0.223. The molecule has 0 saturated carbocycles. The van der Waals surface area contributed by atoms with Crippen LogP contribution in [-0.4, -0.2) is 33.1 Å². The molecule has 0 aliphatic heterocycles. The van der Waals surface area contributed by atoms with E-state index in [0.717, 1.165) is 16.9 Å². The first kappa shape index (κ1) is 24.6. The lowest BCUT2D eigenvalue weighted by molar-refractivity contribution is 0.104. The number of ether oxygens (including phenoxy) is 1. The molecule has 0 amide bonds. The molecule has 0 unspecified atom stereocenters. The molecule has 0 aliphatic rings. The third-order valence-electron chi connectivity index (χ3n) is 5.44.